The van der Waals surface area contributed by atoms with Gasteiger partial charge in [0.1, 0.15) is 5.82 Å². The maximum Gasteiger partial charge on any atom is 0.193 e. The van der Waals surface area contributed by atoms with Gasteiger partial charge >= 0.3 is 0 Å². The smallest absolute Gasteiger partial charge is 0.193 e. The summed E-state index contributed by atoms with van der Waals surface area (Å²) in [7, 11) is 1.89. The number of pyridine rings is 1. The van der Waals surface area contributed by atoms with E-state index in [2.05, 4.69) is 49.0 Å². The van der Waals surface area contributed by atoms with Crippen LogP contribution in [0.1, 0.15) is 32.6 Å². The normalized spacial score (nSPS) is 20.1. The van der Waals surface area contributed by atoms with Crippen molar-refractivity contribution in [2.75, 3.05) is 64.3 Å². The molecule has 1 aromatic rings. The van der Waals surface area contributed by atoms with Gasteiger partial charge in [0, 0.05) is 46.0 Å². The zero-order valence-electron chi connectivity index (χ0n) is 17.1. The maximum absolute atomic E-state index is 4.49. The van der Waals surface area contributed by atoms with E-state index in [1.807, 2.05) is 19.3 Å². The molecule has 0 aromatic carbocycles. The third-order valence-corrected chi connectivity index (χ3v) is 5.82. The molecule has 150 valence electrons. The average Bonchev–Trinajstić information content (AvgIpc) is 2.73. The largest absolute Gasteiger partial charge is 0.356 e. The Hall–Kier alpha value is -1.82. The zero-order valence-corrected chi connectivity index (χ0v) is 17.1. The molecule has 2 aliphatic heterocycles. The number of unbranched alkanes of at least 4 members (excludes halogenated alkanes) is 1. The van der Waals surface area contributed by atoms with Crippen molar-refractivity contribution in [2.45, 2.75) is 32.6 Å². The SMILES string of the molecule is CN=C(NCCCCN1CCC(C)CC1)N1CCN(c2ccccn2)CC1. The van der Waals surface area contributed by atoms with Gasteiger partial charge in [-0.1, -0.05) is 13.0 Å². The van der Waals surface area contributed by atoms with Crippen LogP contribution >= 0.6 is 0 Å². The summed E-state index contributed by atoms with van der Waals surface area (Å²) in [5, 5.41) is 3.56. The number of piperazine rings is 1. The predicted octanol–water partition coefficient (Wildman–Crippen LogP) is 2.29. The average molecular weight is 373 g/mol. The lowest BCUT2D eigenvalue weighted by atomic mass is 9.99. The Morgan fingerprint density at radius 3 is 2.56 bits per heavy atom. The molecule has 0 saturated carbocycles. The number of likely N-dealkylation sites (tertiary alicyclic amines) is 1. The minimum atomic E-state index is 0.921. The molecule has 0 radical (unpaired) electrons. The topological polar surface area (TPSA) is 47.0 Å². The third kappa shape index (κ3) is 6.09. The van der Waals surface area contributed by atoms with E-state index in [1.165, 1.54) is 45.3 Å². The fourth-order valence-electron chi connectivity index (χ4n) is 3.97. The van der Waals surface area contributed by atoms with Gasteiger partial charge in [0.25, 0.3) is 0 Å². The molecule has 2 saturated heterocycles. The highest BCUT2D eigenvalue weighted by atomic mass is 15.4. The number of hydrogen-bond acceptors (Lipinski definition) is 4. The maximum atomic E-state index is 4.49. The first-order valence-electron chi connectivity index (χ1n) is 10.6. The second kappa shape index (κ2) is 10.5. The van der Waals surface area contributed by atoms with Crippen LogP contribution in [0.5, 0.6) is 0 Å². The number of piperidine rings is 1. The van der Waals surface area contributed by atoms with Crippen LogP contribution in [0.2, 0.25) is 0 Å². The monoisotopic (exact) mass is 372 g/mol. The van der Waals surface area contributed by atoms with Gasteiger partial charge in [-0.2, -0.15) is 0 Å². The van der Waals surface area contributed by atoms with Gasteiger partial charge < -0.3 is 20.0 Å². The number of aromatic nitrogens is 1. The number of guanidine groups is 1. The van der Waals surface area contributed by atoms with E-state index in [-0.39, 0.29) is 0 Å². The van der Waals surface area contributed by atoms with Gasteiger partial charge in [-0.25, -0.2) is 4.98 Å². The Balaban J connectivity index is 1.31. The summed E-state index contributed by atoms with van der Waals surface area (Å²) in [6.07, 6.45) is 7.09. The van der Waals surface area contributed by atoms with E-state index in [0.717, 1.165) is 50.4 Å². The summed E-state index contributed by atoms with van der Waals surface area (Å²) in [6.45, 7) is 11.2. The molecule has 27 heavy (non-hydrogen) atoms. The number of hydrogen-bond donors (Lipinski definition) is 1. The van der Waals surface area contributed by atoms with Crippen molar-refractivity contribution in [3.8, 4) is 0 Å². The molecule has 3 heterocycles. The van der Waals surface area contributed by atoms with Crippen LogP contribution in [-0.4, -0.2) is 80.1 Å². The Bertz CT molecular complexity index is 559. The van der Waals surface area contributed by atoms with Gasteiger partial charge in [-0.05, 0) is 63.4 Å². The molecular weight excluding hydrogens is 336 g/mol. The van der Waals surface area contributed by atoms with E-state index in [1.54, 1.807) is 0 Å². The number of rotatable bonds is 6. The lowest BCUT2D eigenvalue weighted by molar-refractivity contribution is 0.189. The van der Waals surface area contributed by atoms with Crippen LogP contribution in [0.15, 0.2) is 29.4 Å². The van der Waals surface area contributed by atoms with Gasteiger partial charge in [0.05, 0.1) is 0 Å². The Labute approximate surface area is 164 Å². The van der Waals surface area contributed by atoms with E-state index in [9.17, 15) is 0 Å². The molecule has 0 unspecified atom stereocenters. The highest BCUT2D eigenvalue weighted by Gasteiger charge is 2.20. The minimum Gasteiger partial charge on any atom is -0.356 e. The predicted molar refractivity (Wildman–Crippen MR) is 113 cm³/mol. The molecule has 0 aliphatic carbocycles. The van der Waals surface area contributed by atoms with Crippen molar-refractivity contribution < 1.29 is 0 Å². The Morgan fingerprint density at radius 2 is 1.89 bits per heavy atom. The van der Waals surface area contributed by atoms with Gasteiger partial charge in [0.15, 0.2) is 5.96 Å². The molecular formula is C21H36N6. The van der Waals surface area contributed by atoms with E-state index < -0.39 is 0 Å². The second-order valence-electron chi connectivity index (χ2n) is 7.87. The molecule has 6 heteroatoms. The van der Waals surface area contributed by atoms with Crippen LogP contribution in [-0.2, 0) is 0 Å². The summed E-state index contributed by atoms with van der Waals surface area (Å²) in [4.78, 5) is 16.3. The van der Waals surface area contributed by atoms with Gasteiger partial charge in [0.2, 0.25) is 0 Å². The highest BCUT2D eigenvalue weighted by molar-refractivity contribution is 5.80. The molecule has 2 aliphatic rings. The van der Waals surface area contributed by atoms with E-state index in [0.29, 0.717) is 0 Å². The van der Waals surface area contributed by atoms with Crippen molar-refractivity contribution in [3.05, 3.63) is 24.4 Å². The first-order valence-corrected chi connectivity index (χ1v) is 10.6. The summed E-state index contributed by atoms with van der Waals surface area (Å²) >= 11 is 0. The van der Waals surface area contributed by atoms with Crippen molar-refractivity contribution in [3.63, 3.8) is 0 Å². The first kappa shape index (κ1) is 19.9. The summed E-state index contributed by atoms with van der Waals surface area (Å²) in [5.74, 6) is 3.04. The molecule has 1 N–H and O–H groups in total. The minimum absolute atomic E-state index is 0.921. The molecule has 0 atom stereocenters. The standard InChI is InChI=1S/C21H36N6/c1-19-8-13-25(14-9-19)12-6-5-11-24-21(22-2)27-17-15-26(16-18-27)20-7-3-4-10-23-20/h3-4,7,10,19H,5-6,8-9,11-18H2,1-2H3,(H,22,24). The molecule has 0 amide bonds. The van der Waals surface area contributed by atoms with Crippen LogP contribution in [0, 0.1) is 5.92 Å². The van der Waals surface area contributed by atoms with Crippen LogP contribution in [0.4, 0.5) is 5.82 Å². The Morgan fingerprint density at radius 1 is 1.11 bits per heavy atom. The number of nitrogens with one attached hydrogen (secondary N) is 1. The van der Waals surface area contributed by atoms with Crippen LogP contribution < -0.4 is 10.2 Å². The molecule has 0 spiro atoms. The second-order valence-corrected chi connectivity index (χ2v) is 7.87. The lowest BCUT2D eigenvalue weighted by Gasteiger charge is -2.37. The molecule has 6 nitrogen and oxygen atoms in total. The summed E-state index contributed by atoms with van der Waals surface area (Å²) in [6, 6.07) is 6.11. The van der Waals surface area contributed by atoms with Crippen LogP contribution in [0.3, 0.4) is 0 Å². The van der Waals surface area contributed by atoms with Crippen molar-refractivity contribution in [2.24, 2.45) is 10.9 Å². The summed E-state index contributed by atoms with van der Waals surface area (Å²) < 4.78 is 0. The first-order chi connectivity index (χ1) is 13.3. The molecule has 1 aromatic heterocycles. The molecule has 0 bridgehead atoms. The van der Waals surface area contributed by atoms with Crippen molar-refractivity contribution in [1.82, 2.24) is 20.1 Å². The number of anilines is 1. The van der Waals surface area contributed by atoms with E-state index in [4.69, 9.17) is 0 Å². The van der Waals surface area contributed by atoms with Crippen molar-refractivity contribution >= 4 is 11.8 Å². The quantitative estimate of drug-likeness (QED) is 0.472. The molecule has 3 rings (SSSR count). The van der Waals surface area contributed by atoms with Gasteiger partial charge in [-0.3, -0.25) is 4.99 Å². The van der Waals surface area contributed by atoms with Crippen LogP contribution in [0.25, 0.3) is 0 Å². The van der Waals surface area contributed by atoms with Crippen molar-refractivity contribution in [1.29, 1.82) is 0 Å². The highest BCUT2D eigenvalue weighted by Crippen LogP contribution is 2.16. The summed E-state index contributed by atoms with van der Waals surface area (Å²) in [5.41, 5.74) is 0. The lowest BCUT2D eigenvalue weighted by Crippen LogP contribution is -2.52. The van der Waals surface area contributed by atoms with Gasteiger partial charge in [-0.15, -0.1) is 0 Å². The van der Waals surface area contributed by atoms with E-state index >= 15 is 0 Å². The fraction of sp³-hybridized carbons (Fsp3) is 0.714. The molecule has 2 fully saturated rings. The fourth-order valence-corrected chi connectivity index (χ4v) is 3.97. The number of aliphatic imine (C=N–C) groups is 1. The Kier molecular flexibility index (Phi) is 7.75. The number of nitrogens with zero attached hydrogens (tertiary/aromatic N) is 5. The third-order valence-electron chi connectivity index (χ3n) is 5.82. The zero-order chi connectivity index (χ0) is 18.9.